The topological polar surface area (TPSA) is 55.1 Å². The van der Waals surface area contributed by atoms with E-state index in [9.17, 15) is 9.90 Å². The van der Waals surface area contributed by atoms with Crippen molar-refractivity contribution in [2.75, 3.05) is 0 Å². The quantitative estimate of drug-likeness (QED) is 0.911. The van der Waals surface area contributed by atoms with Crippen molar-refractivity contribution in [1.29, 1.82) is 0 Å². The van der Waals surface area contributed by atoms with Crippen LogP contribution in [0.3, 0.4) is 0 Å². The summed E-state index contributed by atoms with van der Waals surface area (Å²) in [7, 11) is 1.88. The molecule has 0 aliphatic rings. The Morgan fingerprint density at radius 3 is 2.55 bits per heavy atom. The van der Waals surface area contributed by atoms with Gasteiger partial charge in [0.2, 0.25) is 0 Å². The Kier molecular flexibility index (Phi) is 4.60. The van der Waals surface area contributed by atoms with Gasteiger partial charge in [-0.25, -0.2) is 0 Å². The van der Waals surface area contributed by atoms with E-state index >= 15 is 0 Å². The normalized spacial score (nSPS) is 12.3. The molecule has 1 aromatic heterocycles. The number of aromatic nitrogens is 2. The fraction of sp³-hybridized carbons (Fsp3) is 0.333. The molecule has 0 bridgehead atoms. The summed E-state index contributed by atoms with van der Waals surface area (Å²) in [5.74, 6) is -1.27. The molecule has 0 spiro atoms. The molecule has 2 rings (SSSR count). The van der Waals surface area contributed by atoms with Crippen LogP contribution in [0.1, 0.15) is 29.3 Å². The van der Waals surface area contributed by atoms with Crippen molar-refractivity contribution in [3.63, 3.8) is 0 Å². The zero-order chi connectivity index (χ0) is 14.7. The zero-order valence-corrected chi connectivity index (χ0v) is 13.1. The minimum atomic E-state index is -0.786. The summed E-state index contributed by atoms with van der Waals surface area (Å²) in [5.41, 5.74) is 2.80. The number of benzene rings is 1. The number of carboxylic acids is 1. The van der Waals surface area contributed by atoms with E-state index in [4.69, 9.17) is 0 Å². The number of carbonyl (C=O) groups is 1. The Morgan fingerprint density at radius 1 is 1.40 bits per heavy atom. The van der Waals surface area contributed by atoms with Crippen molar-refractivity contribution < 1.29 is 9.90 Å². The van der Waals surface area contributed by atoms with Crippen molar-refractivity contribution in [2.45, 2.75) is 25.7 Å². The minimum absolute atomic E-state index is 0.488. The second-order valence-corrected chi connectivity index (χ2v) is 5.60. The Balaban J connectivity index is 2.16. The molecule has 1 heterocycles. The first kappa shape index (κ1) is 14.8. The van der Waals surface area contributed by atoms with Gasteiger partial charge in [-0.3, -0.25) is 9.48 Å². The number of hydrogen-bond donors (Lipinski definition) is 1. The van der Waals surface area contributed by atoms with Gasteiger partial charge < -0.3 is 5.11 Å². The molecule has 0 aliphatic heterocycles. The van der Waals surface area contributed by atoms with Crippen LogP contribution >= 0.6 is 15.9 Å². The van der Waals surface area contributed by atoms with Crippen molar-refractivity contribution in [1.82, 2.24) is 9.78 Å². The van der Waals surface area contributed by atoms with E-state index in [1.807, 2.05) is 49.0 Å². The van der Waals surface area contributed by atoms with Crippen LogP contribution in [-0.2, 0) is 18.3 Å². The maximum atomic E-state index is 11.5. The number of halogens is 1. The summed E-state index contributed by atoms with van der Waals surface area (Å²) in [4.78, 5) is 11.5. The number of rotatable bonds is 5. The van der Waals surface area contributed by atoms with E-state index in [1.54, 1.807) is 0 Å². The van der Waals surface area contributed by atoms with Crippen molar-refractivity contribution >= 4 is 21.9 Å². The van der Waals surface area contributed by atoms with E-state index in [0.29, 0.717) is 12.8 Å². The van der Waals surface area contributed by atoms with E-state index in [0.717, 1.165) is 21.4 Å². The third-order valence-electron chi connectivity index (χ3n) is 3.43. The number of nitrogens with zero attached hydrogens (tertiary/aromatic N) is 2. The Hall–Kier alpha value is -1.62. The molecule has 106 valence electrons. The summed E-state index contributed by atoms with van der Waals surface area (Å²) < 4.78 is 2.78. The Morgan fingerprint density at radius 2 is 2.05 bits per heavy atom. The standard InChI is InChI=1S/C15H17BrN2O2/c1-10-14(16)13(18(2)17-10)9-8-12(15(19)20)11-6-4-3-5-7-11/h3-7,12H,8-9H2,1-2H3,(H,19,20). The predicted octanol–water partition coefficient (Wildman–Crippen LogP) is 3.29. The van der Waals surface area contributed by atoms with E-state index < -0.39 is 11.9 Å². The first-order valence-corrected chi connectivity index (χ1v) is 7.25. The van der Waals surface area contributed by atoms with Gasteiger partial charge in [-0.05, 0) is 41.3 Å². The molecule has 0 radical (unpaired) electrons. The van der Waals surface area contributed by atoms with E-state index in [1.165, 1.54) is 0 Å². The molecule has 0 saturated heterocycles. The molecule has 1 N–H and O–H groups in total. The second-order valence-electron chi connectivity index (χ2n) is 4.81. The van der Waals surface area contributed by atoms with Gasteiger partial charge in [0.05, 0.1) is 21.8 Å². The molecule has 1 aromatic carbocycles. The van der Waals surface area contributed by atoms with E-state index in [-0.39, 0.29) is 0 Å². The van der Waals surface area contributed by atoms with Gasteiger partial charge in [0.15, 0.2) is 0 Å². The van der Waals surface area contributed by atoms with Crippen LogP contribution in [0.25, 0.3) is 0 Å². The molecule has 2 aromatic rings. The lowest BCUT2D eigenvalue weighted by Gasteiger charge is -2.13. The van der Waals surface area contributed by atoms with Crippen LogP contribution in [0, 0.1) is 6.92 Å². The maximum Gasteiger partial charge on any atom is 0.310 e. The molecule has 0 fully saturated rings. The molecule has 0 saturated carbocycles. The first-order valence-electron chi connectivity index (χ1n) is 6.46. The maximum absolute atomic E-state index is 11.5. The summed E-state index contributed by atoms with van der Waals surface area (Å²) >= 11 is 3.51. The second kappa shape index (κ2) is 6.22. The summed E-state index contributed by atoms with van der Waals surface area (Å²) in [6.07, 6.45) is 1.22. The molecule has 1 atom stereocenters. The predicted molar refractivity (Wildman–Crippen MR) is 80.8 cm³/mol. The van der Waals surface area contributed by atoms with Crippen molar-refractivity contribution in [3.8, 4) is 0 Å². The van der Waals surface area contributed by atoms with Gasteiger partial charge in [0.25, 0.3) is 0 Å². The summed E-state index contributed by atoms with van der Waals surface area (Å²) in [6.45, 7) is 1.93. The molecule has 20 heavy (non-hydrogen) atoms. The molecular formula is C15H17BrN2O2. The van der Waals surface area contributed by atoms with Crippen molar-refractivity contribution in [2.24, 2.45) is 7.05 Å². The lowest BCUT2D eigenvalue weighted by Crippen LogP contribution is -2.13. The van der Waals surface area contributed by atoms with Crippen LogP contribution in [0.2, 0.25) is 0 Å². The SMILES string of the molecule is Cc1nn(C)c(CCC(C(=O)O)c2ccccc2)c1Br. The average Bonchev–Trinajstić information content (AvgIpc) is 2.66. The van der Waals surface area contributed by atoms with Crippen LogP contribution in [0.4, 0.5) is 0 Å². The van der Waals surface area contributed by atoms with E-state index in [2.05, 4.69) is 21.0 Å². The molecule has 1 unspecified atom stereocenters. The van der Waals surface area contributed by atoms with Gasteiger partial charge >= 0.3 is 5.97 Å². The zero-order valence-electron chi connectivity index (χ0n) is 11.5. The highest BCUT2D eigenvalue weighted by molar-refractivity contribution is 9.10. The van der Waals surface area contributed by atoms with Crippen molar-refractivity contribution in [3.05, 3.63) is 51.8 Å². The molecule has 0 amide bonds. The van der Waals surface area contributed by atoms with Gasteiger partial charge in [0.1, 0.15) is 0 Å². The van der Waals surface area contributed by atoms with Crippen LogP contribution < -0.4 is 0 Å². The highest BCUT2D eigenvalue weighted by atomic mass is 79.9. The number of carboxylic acid groups (broad SMARTS) is 1. The lowest BCUT2D eigenvalue weighted by atomic mass is 9.93. The fourth-order valence-electron chi connectivity index (χ4n) is 2.35. The largest absolute Gasteiger partial charge is 0.481 e. The van der Waals surface area contributed by atoms with Crippen LogP contribution in [0.15, 0.2) is 34.8 Å². The first-order chi connectivity index (χ1) is 9.50. The van der Waals surface area contributed by atoms with Gasteiger partial charge in [-0.1, -0.05) is 30.3 Å². The Bertz CT molecular complexity index is 608. The lowest BCUT2D eigenvalue weighted by molar-refractivity contribution is -0.138. The highest BCUT2D eigenvalue weighted by Crippen LogP contribution is 2.26. The summed E-state index contributed by atoms with van der Waals surface area (Å²) in [5, 5.41) is 13.7. The van der Waals surface area contributed by atoms with Crippen LogP contribution in [0.5, 0.6) is 0 Å². The smallest absolute Gasteiger partial charge is 0.310 e. The fourth-order valence-corrected chi connectivity index (χ4v) is 2.88. The highest BCUT2D eigenvalue weighted by Gasteiger charge is 2.21. The van der Waals surface area contributed by atoms with Gasteiger partial charge in [-0.15, -0.1) is 0 Å². The molecule has 4 nitrogen and oxygen atoms in total. The third kappa shape index (κ3) is 3.10. The number of hydrogen-bond acceptors (Lipinski definition) is 2. The monoisotopic (exact) mass is 336 g/mol. The number of aryl methyl sites for hydroxylation is 2. The minimum Gasteiger partial charge on any atom is -0.481 e. The average molecular weight is 337 g/mol. The van der Waals surface area contributed by atoms with Crippen LogP contribution in [-0.4, -0.2) is 20.9 Å². The Labute approximate surface area is 126 Å². The summed E-state index contributed by atoms with van der Waals surface area (Å²) in [6, 6.07) is 9.36. The molecule has 5 heteroatoms. The van der Waals surface area contributed by atoms with Gasteiger partial charge in [-0.2, -0.15) is 5.10 Å². The molecule has 0 aliphatic carbocycles. The number of aliphatic carboxylic acids is 1. The third-order valence-corrected chi connectivity index (χ3v) is 4.46. The molecular weight excluding hydrogens is 320 g/mol. The van der Waals surface area contributed by atoms with Gasteiger partial charge in [0, 0.05) is 7.05 Å².